The summed E-state index contributed by atoms with van der Waals surface area (Å²) in [6.07, 6.45) is 11.5. The summed E-state index contributed by atoms with van der Waals surface area (Å²) in [7, 11) is 0. The highest BCUT2D eigenvalue weighted by molar-refractivity contribution is 5.92. The highest BCUT2D eigenvalue weighted by Crippen LogP contribution is 2.26. The Morgan fingerprint density at radius 3 is 2.14 bits per heavy atom. The monoisotopic (exact) mass is 605 g/mol. The van der Waals surface area contributed by atoms with Gasteiger partial charge in [-0.15, -0.1) is 6.42 Å². The average molecular weight is 606 g/mol. The van der Waals surface area contributed by atoms with E-state index in [0.29, 0.717) is 24.1 Å². The maximum Gasteiger partial charge on any atom is 0.408 e. The Hall–Kier alpha value is -3.99. The number of nitrogens with one attached hydrogen (secondary N) is 2. The number of terminal acetylenes is 1. The van der Waals surface area contributed by atoms with E-state index in [1.807, 2.05) is 6.92 Å². The van der Waals surface area contributed by atoms with E-state index >= 15 is 0 Å². The number of nitrogens with zero attached hydrogens (tertiary/aromatic N) is 1. The minimum atomic E-state index is -1.03. The number of alkyl carbamates (subject to hydrolysis) is 1. The first kappa shape index (κ1) is 36.2. The predicted molar refractivity (Wildman–Crippen MR) is 175 cm³/mol. The summed E-state index contributed by atoms with van der Waals surface area (Å²) < 4.78 is 5.52. The van der Waals surface area contributed by atoms with E-state index in [1.165, 1.54) is 12.1 Å². The molecule has 8 nitrogen and oxygen atoms in total. The zero-order valence-electron chi connectivity index (χ0n) is 27.3. The lowest BCUT2D eigenvalue weighted by atomic mass is 9.98. The molecule has 3 atom stereocenters. The van der Waals surface area contributed by atoms with Crippen molar-refractivity contribution in [3.8, 4) is 18.1 Å². The molecule has 2 aromatic carbocycles. The number of hydrogen-bond donors (Lipinski definition) is 3. The van der Waals surface area contributed by atoms with E-state index in [1.54, 1.807) is 62.1 Å². The van der Waals surface area contributed by atoms with Gasteiger partial charge in [0, 0.05) is 24.6 Å². The highest BCUT2D eigenvalue weighted by Gasteiger charge is 2.36. The van der Waals surface area contributed by atoms with Crippen LogP contribution in [0.15, 0.2) is 48.5 Å². The number of unbranched alkanes of at least 4 members (excludes halogenated alkanes) is 4. The fourth-order valence-electron chi connectivity index (χ4n) is 5.03. The van der Waals surface area contributed by atoms with E-state index < -0.39 is 29.7 Å². The minimum absolute atomic E-state index is 0.0887. The molecule has 0 saturated heterocycles. The van der Waals surface area contributed by atoms with Gasteiger partial charge >= 0.3 is 6.09 Å². The van der Waals surface area contributed by atoms with E-state index in [9.17, 15) is 19.5 Å². The zero-order valence-corrected chi connectivity index (χ0v) is 27.3. The van der Waals surface area contributed by atoms with Gasteiger partial charge in [-0.2, -0.15) is 0 Å². The topological polar surface area (TPSA) is 108 Å². The molecule has 240 valence electrons. The van der Waals surface area contributed by atoms with Crippen molar-refractivity contribution in [3.63, 3.8) is 0 Å². The standard InChI is InChI=1S/C36H51N3O5/c1-8-11-12-13-14-24-39(32(33(41)37-26(4)15-9-2)29-20-16-27(10-3)17-21-29)34(42)31(38-35(43)44-36(5,6)7)25-28-18-22-30(40)23-19-28/h3,16-23,26,31-32,40H,8-9,11-15,24-25H2,1-2,4-7H3,(H,37,41)(H,38,43). The number of rotatable bonds is 16. The molecule has 0 aliphatic rings. The fraction of sp³-hybridized carbons (Fsp3) is 0.528. The third-order valence-corrected chi connectivity index (χ3v) is 7.21. The van der Waals surface area contributed by atoms with Gasteiger partial charge in [0.25, 0.3) is 0 Å². The molecule has 0 aliphatic heterocycles. The molecule has 3 N–H and O–H groups in total. The van der Waals surface area contributed by atoms with Crippen molar-refractivity contribution < 1.29 is 24.2 Å². The Bertz CT molecular complexity index is 1230. The molecular formula is C36H51N3O5. The summed E-state index contributed by atoms with van der Waals surface area (Å²) in [4.78, 5) is 43.2. The van der Waals surface area contributed by atoms with Crippen LogP contribution in [0.3, 0.4) is 0 Å². The van der Waals surface area contributed by atoms with Crippen molar-refractivity contribution >= 4 is 17.9 Å². The first-order valence-electron chi connectivity index (χ1n) is 15.8. The molecular weight excluding hydrogens is 554 g/mol. The number of ether oxygens (including phenoxy) is 1. The Labute approximate surface area is 263 Å². The Kier molecular flexibility index (Phi) is 14.8. The first-order valence-corrected chi connectivity index (χ1v) is 15.8. The van der Waals surface area contributed by atoms with Gasteiger partial charge < -0.3 is 25.4 Å². The van der Waals surface area contributed by atoms with Crippen LogP contribution < -0.4 is 10.6 Å². The molecule has 0 saturated carbocycles. The molecule has 2 rings (SSSR count). The van der Waals surface area contributed by atoms with Crippen LogP contribution in [0.2, 0.25) is 0 Å². The first-order chi connectivity index (χ1) is 20.9. The van der Waals surface area contributed by atoms with Gasteiger partial charge in [0.15, 0.2) is 0 Å². The van der Waals surface area contributed by atoms with Crippen LogP contribution >= 0.6 is 0 Å². The fourth-order valence-corrected chi connectivity index (χ4v) is 5.03. The van der Waals surface area contributed by atoms with E-state index in [4.69, 9.17) is 11.2 Å². The number of carbonyl (C=O) groups is 3. The Balaban J connectivity index is 2.58. The second kappa shape index (κ2) is 18.0. The summed E-state index contributed by atoms with van der Waals surface area (Å²) in [5.41, 5.74) is 1.26. The molecule has 0 bridgehead atoms. The summed E-state index contributed by atoms with van der Waals surface area (Å²) >= 11 is 0. The number of phenols is 1. The van der Waals surface area contributed by atoms with Crippen LogP contribution in [0.5, 0.6) is 5.75 Å². The lowest BCUT2D eigenvalue weighted by molar-refractivity contribution is -0.142. The summed E-state index contributed by atoms with van der Waals surface area (Å²) in [5, 5.41) is 15.7. The van der Waals surface area contributed by atoms with Crippen molar-refractivity contribution in [1.82, 2.24) is 15.5 Å². The van der Waals surface area contributed by atoms with E-state index in [-0.39, 0.29) is 24.1 Å². The molecule has 2 aromatic rings. The molecule has 0 radical (unpaired) electrons. The number of aromatic hydroxyl groups is 1. The molecule has 0 heterocycles. The SMILES string of the molecule is C#Cc1ccc(C(C(=O)NC(C)CCC)N(CCCCCCC)C(=O)C(Cc2ccc(O)cc2)NC(=O)OC(C)(C)C)cc1. The van der Waals surface area contributed by atoms with Crippen LogP contribution in [-0.4, -0.2) is 52.1 Å². The normalized spacial score (nSPS) is 13.2. The van der Waals surface area contributed by atoms with Gasteiger partial charge in [0.05, 0.1) is 0 Å². The third kappa shape index (κ3) is 12.3. The van der Waals surface area contributed by atoms with Gasteiger partial charge in [-0.25, -0.2) is 4.79 Å². The maximum atomic E-state index is 14.6. The second-order valence-electron chi connectivity index (χ2n) is 12.4. The van der Waals surface area contributed by atoms with Crippen molar-refractivity contribution in [3.05, 3.63) is 65.2 Å². The maximum absolute atomic E-state index is 14.6. The predicted octanol–water partition coefficient (Wildman–Crippen LogP) is 6.65. The molecule has 0 fully saturated rings. The molecule has 44 heavy (non-hydrogen) atoms. The number of benzene rings is 2. The number of phenolic OH excluding ortho intramolecular Hbond substituents is 1. The van der Waals surface area contributed by atoms with Gasteiger partial charge in [-0.1, -0.05) is 76.1 Å². The molecule has 8 heteroatoms. The van der Waals surface area contributed by atoms with Crippen LogP contribution in [0, 0.1) is 12.3 Å². The molecule has 3 unspecified atom stereocenters. The van der Waals surface area contributed by atoms with Gasteiger partial charge in [0.2, 0.25) is 11.8 Å². The van der Waals surface area contributed by atoms with Gasteiger partial charge in [-0.05, 0) is 75.9 Å². The Morgan fingerprint density at radius 1 is 0.932 bits per heavy atom. The van der Waals surface area contributed by atoms with Crippen molar-refractivity contribution in [1.29, 1.82) is 0 Å². The Morgan fingerprint density at radius 2 is 1.57 bits per heavy atom. The summed E-state index contributed by atoms with van der Waals surface area (Å²) in [5.74, 6) is 2.01. The minimum Gasteiger partial charge on any atom is -0.508 e. The highest BCUT2D eigenvalue weighted by atomic mass is 16.6. The van der Waals surface area contributed by atoms with E-state index in [0.717, 1.165) is 44.1 Å². The largest absolute Gasteiger partial charge is 0.508 e. The summed E-state index contributed by atoms with van der Waals surface area (Å²) in [6, 6.07) is 11.5. The third-order valence-electron chi connectivity index (χ3n) is 7.21. The molecule has 0 aromatic heterocycles. The molecule has 0 aliphatic carbocycles. The van der Waals surface area contributed by atoms with Crippen molar-refractivity contribution in [2.24, 2.45) is 0 Å². The molecule has 0 spiro atoms. The van der Waals surface area contributed by atoms with Crippen LogP contribution in [0.4, 0.5) is 4.79 Å². The smallest absolute Gasteiger partial charge is 0.408 e. The summed E-state index contributed by atoms with van der Waals surface area (Å²) in [6.45, 7) is 11.7. The van der Waals surface area contributed by atoms with E-state index in [2.05, 4.69) is 30.4 Å². The second-order valence-corrected chi connectivity index (χ2v) is 12.4. The lowest BCUT2D eigenvalue weighted by Gasteiger charge is -2.35. The number of hydrogen-bond acceptors (Lipinski definition) is 5. The molecule has 3 amide bonds. The quantitative estimate of drug-likeness (QED) is 0.147. The van der Waals surface area contributed by atoms with Crippen molar-refractivity contribution in [2.45, 2.75) is 117 Å². The van der Waals surface area contributed by atoms with Crippen molar-refractivity contribution in [2.75, 3.05) is 6.54 Å². The zero-order chi connectivity index (χ0) is 32.7. The van der Waals surface area contributed by atoms with Gasteiger partial charge in [-0.3, -0.25) is 9.59 Å². The van der Waals surface area contributed by atoms with Gasteiger partial charge in [0.1, 0.15) is 23.4 Å². The average Bonchev–Trinajstić information content (AvgIpc) is 2.96. The van der Waals surface area contributed by atoms with Crippen LogP contribution in [-0.2, 0) is 20.7 Å². The number of amides is 3. The lowest BCUT2D eigenvalue weighted by Crippen LogP contribution is -2.54. The van der Waals surface area contributed by atoms with Crippen LogP contribution in [0.25, 0.3) is 0 Å². The van der Waals surface area contributed by atoms with Crippen LogP contribution in [0.1, 0.15) is 109 Å². The number of carbonyl (C=O) groups excluding carboxylic acids is 3.